The molecular formula is C15H20N2O2. The lowest BCUT2D eigenvalue weighted by molar-refractivity contribution is -0.118. The number of rotatable bonds is 6. The fourth-order valence-corrected chi connectivity index (χ4v) is 1.57. The second-order valence-electron chi connectivity index (χ2n) is 4.22. The average Bonchev–Trinajstić information content (AvgIpc) is 2.40. The summed E-state index contributed by atoms with van der Waals surface area (Å²) >= 11 is 0. The van der Waals surface area contributed by atoms with Crippen molar-refractivity contribution in [2.75, 3.05) is 11.9 Å². The van der Waals surface area contributed by atoms with Crippen molar-refractivity contribution < 1.29 is 9.59 Å². The Morgan fingerprint density at radius 1 is 1.21 bits per heavy atom. The highest BCUT2D eigenvalue weighted by molar-refractivity contribution is 5.94. The standard InChI is InChI=1S/C15H20N2O2/c1-3-7-12(2)15(19)16-11-10-14(18)17-13-8-5-4-6-9-13/h4-9H,3,10-11H2,1-2H3,(H,16,19)(H,17,18)/b12-7+. The van der Waals surface area contributed by atoms with Crippen molar-refractivity contribution in [2.24, 2.45) is 0 Å². The Labute approximate surface area is 113 Å². The zero-order valence-corrected chi connectivity index (χ0v) is 11.4. The third-order valence-electron chi connectivity index (χ3n) is 2.56. The Morgan fingerprint density at radius 3 is 2.53 bits per heavy atom. The Kier molecular flexibility index (Phi) is 6.36. The van der Waals surface area contributed by atoms with Crippen molar-refractivity contribution in [3.63, 3.8) is 0 Å². The minimum Gasteiger partial charge on any atom is -0.352 e. The summed E-state index contributed by atoms with van der Waals surface area (Å²) in [4.78, 5) is 23.2. The van der Waals surface area contributed by atoms with Gasteiger partial charge in [-0.3, -0.25) is 9.59 Å². The molecule has 1 rings (SSSR count). The molecule has 0 radical (unpaired) electrons. The molecule has 2 amide bonds. The van der Waals surface area contributed by atoms with Crippen LogP contribution in [-0.2, 0) is 9.59 Å². The number of carbonyl (C=O) groups is 2. The van der Waals surface area contributed by atoms with Gasteiger partial charge >= 0.3 is 0 Å². The van der Waals surface area contributed by atoms with Gasteiger partial charge in [-0.25, -0.2) is 0 Å². The molecule has 2 N–H and O–H groups in total. The maximum absolute atomic E-state index is 11.6. The van der Waals surface area contributed by atoms with Gasteiger partial charge in [0.05, 0.1) is 0 Å². The molecule has 0 bridgehead atoms. The zero-order valence-electron chi connectivity index (χ0n) is 11.4. The Bertz CT molecular complexity index is 452. The summed E-state index contributed by atoms with van der Waals surface area (Å²) in [5, 5.41) is 5.48. The number of para-hydroxylation sites is 1. The maximum atomic E-state index is 11.6. The Morgan fingerprint density at radius 2 is 1.89 bits per heavy atom. The number of hydrogen-bond donors (Lipinski definition) is 2. The minimum atomic E-state index is -0.116. The Balaban J connectivity index is 2.28. The highest BCUT2D eigenvalue weighted by Crippen LogP contribution is 2.05. The molecule has 1 aromatic rings. The lowest BCUT2D eigenvalue weighted by Gasteiger charge is -2.06. The molecule has 102 valence electrons. The summed E-state index contributed by atoms with van der Waals surface area (Å²) in [6.45, 7) is 4.08. The molecular weight excluding hydrogens is 240 g/mol. The van der Waals surface area contributed by atoms with E-state index in [1.54, 1.807) is 6.92 Å². The molecule has 0 unspecified atom stereocenters. The first-order chi connectivity index (χ1) is 9.13. The topological polar surface area (TPSA) is 58.2 Å². The van der Waals surface area contributed by atoms with Gasteiger partial charge in [0.2, 0.25) is 11.8 Å². The van der Waals surface area contributed by atoms with Crippen molar-refractivity contribution >= 4 is 17.5 Å². The van der Waals surface area contributed by atoms with Gasteiger partial charge in [0.1, 0.15) is 0 Å². The van der Waals surface area contributed by atoms with Gasteiger partial charge in [0.25, 0.3) is 0 Å². The molecule has 0 fully saturated rings. The van der Waals surface area contributed by atoms with Crippen molar-refractivity contribution in [3.8, 4) is 0 Å². The molecule has 1 aromatic carbocycles. The van der Waals surface area contributed by atoms with Crippen LogP contribution in [0, 0.1) is 0 Å². The normalized spacial score (nSPS) is 10.9. The third-order valence-corrected chi connectivity index (χ3v) is 2.56. The number of benzene rings is 1. The molecule has 0 aliphatic carbocycles. The van der Waals surface area contributed by atoms with E-state index in [1.807, 2.05) is 43.3 Å². The van der Waals surface area contributed by atoms with Crippen molar-refractivity contribution in [1.29, 1.82) is 0 Å². The van der Waals surface area contributed by atoms with Crippen LogP contribution in [0.4, 0.5) is 5.69 Å². The van der Waals surface area contributed by atoms with Crippen LogP contribution in [0.5, 0.6) is 0 Å². The van der Waals surface area contributed by atoms with Crippen LogP contribution in [0.15, 0.2) is 42.0 Å². The number of amides is 2. The van der Waals surface area contributed by atoms with Crippen LogP contribution < -0.4 is 10.6 Å². The molecule has 4 heteroatoms. The van der Waals surface area contributed by atoms with Crippen molar-refractivity contribution in [1.82, 2.24) is 5.32 Å². The van der Waals surface area contributed by atoms with E-state index in [4.69, 9.17) is 0 Å². The molecule has 0 aliphatic rings. The summed E-state index contributed by atoms with van der Waals surface area (Å²) < 4.78 is 0. The molecule has 0 atom stereocenters. The first-order valence-electron chi connectivity index (χ1n) is 6.43. The largest absolute Gasteiger partial charge is 0.352 e. The third kappa shape index (κ3) is 5.86. The maximum Gasteiger partial charge on any atom is 0.246 e. The van der Waals surface area contributed by atoms with Crippen LogP contribution in [0.2, 0.25) is 0 Å². The van der Waals surface area contributed by atoms with E-state index in [2.05, 4.69) is 10.6 Å². The fraction of sp³-hybridized carbons (Fsp3) is 0.333. The molecule has 4 nitrogen and oxygen atoms in total. The van der Waals surface area contributed by atoms with E-state index < -0.39 is 0 Å². The quantitative estimate of drug-likeness (QED) is 0.772. The van der Waals surface area contributed by atoms with Gasteiger partial charge in [0.15, 0.2) is 0 Å². The van der Waals surface area contributed by atoms with Crippen molar-refractivity contribution in [3.05, 3.63) is 42.0 Å². The molecule has 19 heavy (non-hydrogen) atoms. The zero-order chi connectivity index (χ0) is 14.1. The fourth-order valence-electron chi connectivity index (χ4n) is 1.57. The summed E-state index contributed by atoms with van der Waals surface area (Å²) in [6.07, 6.45) is 2.95. The number of anilines is 1. The van der Waals surface area contributed by atoms with Gasteiger partial charge < -0.3 is 10.6 Å². The van der Waals surface area contributed by atoms with Crippen LogP contribution in [0.25, 0.3) is 0 Å². The SMILES string of the molecule is CC/C=C(\C)C(=O)NCCC(=O)Nc1ccccc1. The van der Waals surface area contributed by atoms with E-state index in [0.29, 0.717) is 12.1 Å². The highest BCUT2D eigenvalue weighted by Gasteiger charge is 2.05. The van der Waals surface area contributed by atoms with Gasteiger partial charge in [-0.05, 0) is 25.5 Å². The summed E-state index contributed by atoms with van der Waals surface area (Å²) in [6, 6.07) is 9.25. The lowest BCUT2D eigenvalue weighted by atomic mass is 10.2. The summed E-state index contributed by atoms with van der Waals surface area (Å²) in [5.41, 5.74) is 1.45. The molecule has 0 heterocycles. The predicted molar refractivity (Wildman–Crippen MR) is 76.7 cm³/mol. The van der Waals surface area contributed by atoms with Crippen LogP contribution in [0.1, 0.15) is 26.7 Å². The van der Waals surface area contributed by atoms with E-state index in [-0.39, 0.29) is 18.2 Å². The van der Waals surface area contributed by atoms with E-state index >= 15 is 0 Å². The highest BCUT2D eigenvalue weighted by atomic mass is 16.2. The van der Waals surface area contributed by atoms with Crippen LogP contribution in [-0.4, -0.2) is 18.4 Å². The first kappa shape index (κ1) is 15.0. The number of carbonyl (C=O) groups excluding carboxylic acids is 2. The molecule has 0 saturated heterocycles. The van der Waals surface area contributed by atoms with Crippen LogP contribution >= 0.6 is 0 Å². The van der Waals surface area contributed by atoms with E-state index in [1.165, 1.54) is 0 Å². The second kappa shape index (κ2) is 8.08. The summed E-state index contributed by atoms with van der Waals surface area (Å²) in [5.74, 6) is -0.224. The predicted octanol–water partition coefficient (Wildman–Crippen LogP) is 2.49. The monoisotopic (exact) mass is 260 g/mol. The number of hydrogen-bond acceptors (Lipinski definition) is 2. The van der Waals surface area contributed by atoms with Gasteiger partial charge in [0, 0.05) is 24.2 Å². The van der Waals surface area contributed by atoms with Crippen molar-refractivity contribution in [2.45, 2.75) is 26.7 Å². The molecule has 0 spiro atoms. The molecule has 0 aliphatic heterocycles. The van der Waals surface area contributed by atoms with Gasteiger partial charge in [-0.1, -0.05) is 31.2 Å². The average molecular weight is 260 g/mol. The smallest absolute Gasteiger partial charge is 0.246 e. The van der Waals surface area contributed by atoms with Gasteiger partial charge in [-0.15, -0.1) is 0 Å². The molecule has 0 saturated carbocycles. The first-order valence-corrected chi connectivity index (χ1v) is 6.43. The summed E-state index contributed by atoms with van der Waals surface area (Å²) in [7, 11) is 0. The number of allylic oxidation sites excluding steroid dienone is 1. The van der Waals surface area contributed by atoms with E-state index in [9.17, 15) is 9.59 Å². The van der Waals surface area contributed by atoms with Gasteiger partial charge in [-0.2, -0.15) is 0 Å². The molecule has 0 aromatic heterocycles. The second-order valence-corrected chi connectivity index (χ2v) is 4.22. The minimum absolute atomic E-state index is 0.108. The van der Waals surface area contributed by atoms with E-state index in [0.717, 1.165) is 12.1 Å². The van der Waals surface area contributed by atoms with Crippen LogP contribution in [0.3, 0.4) is 0 Å². The number of nitrogens with one attached hydrogen (secondary N) is 2. The Hall–Kier alpha value is -2.10. The lowest BCUT2D eigenvalue weighted by Crippen LogP contribution is -2.28.